The van der Waals surface area contributed by atoms with Gasteiger partial charge < -0.3 is 9.47 Å². The van der Waals surface area contributed by atoms with Crippen LogP contribution in [-0.4, -0.2) is 23.8 Å². The zero-order valence-corrected chi connectivity index (χ0v) is 20.4. The lowest BCUT2D eigenvalue weighted by molar-refractivity contribution is -0.184. The summed E-state index contributed by atoms with van der Waals surface area (Å²) in [5, 5.41) is 0. The molecule has 27 heavy (non-hydrogen) atoms. The molecule has 3 nitrogen and oxygen atoms in total. The summed E-state index contributed by atoms with van der Waals surface area (Å²) in [6, 6.07) is 0. The number of carbonyl (C=O) groups excluding carboxylic acids is 1. The van der Waals surface area contributed by atoms with E-state index in [9.17, 15) is 4.79 Å². The van der Waals surface area contributed by atoms with Gasteiger partial charge in [0.2, 0.25) is 0 Å². The van der Waals surface area contributed by atoms with Gasteiger partial charge in [-0.2, -0.15) is 0 Å². The molecule has 0 bridgehead atoms. The number of carbonyl (C=O) groups is 1. The van der Waals surface area contributed by atoms with Crippen molar-refractivity contribution in [3.8, 4) is 0 Å². The van der Waals surface area contributed by atoms with Crippen LogP contribution in [0.3, 0.4) is 0 Å². The van der Waals surface area contributed by atoms with Crippen LogP contribution in [0.1, 0.15) is 115 Å². The van der Waals surface area contributed by atoms with E-state index in [1.54, 1.807) is 0 Å². The minimum absolute atomic E-state index is 0.0509. The van der Waals surface area contributed by atoms with E-state index in [0.29, 0.717) is 0 Å². The first-order chi connectivity index (χ1) is 12.0. The van der Waals surface area contributed by atoms with E-state index in [0.717, 1.165) is 32.1 Å². The van der Waals surface area contributed by atoms with Gasteiger partial charge in [-0.3, -0.25) is 4.79 Å². The van der Waals surface area contributed by atoms with Crippen LogP contribution in [0.2, 0.25) is 0 Å². The Bertz CT molecular complexity index is 457. The van der Waals surface area contributed by atoms with Crippen LogP contribution in [0.25, 0.3) is 0 Å². The van der Waals surface area contributed by atoms with E-state index in [1.807, 2.05) is 0 Å². The van der Waals surface area contributed by atoms with Gasteiger partial charge in [-0.1, -0.05) is 62.3 Å². The highest BCUT2D eigenvalue weighted by Crippen LogP contribution is 2.48. The van der Waals surface area contributed by atoms with Crippen LogP contribution in [0.15, 0.2) is 0 Å². The number of ether oxygens (including phenoxy) is 2. The molecule has 4 atom stereocenters. The van der Waals surface area contributed by atoms with Gasteiger partial charge in [-0.05, 0) is 57.3 Å². The van der Waals surface area contributed by atoms with Gasteiger partial charge in [0, 0.05) is 6.42 Å². The molecular weight excluding hydrogens is 336 g/mol. The first kappa shape index (κ1) is 26.4. The van der Waals surface area contributed by atoms with Crippen LogP contribution >= 0.6 is 0 Å². The van der Waals surface area contributed by atoms with Crippen molar-refractivity contribution < 1.29 is 14.3 Å². The van der Waals surface area contributed by atoms with Crippen molar-refractivity contribution in [1.29, 1.82) is 0 Å². The molecule has 0 aliphatic heterocycles. The first-order valence-corrected chi connectivity index (χ1v) is 10.9. The molecule has 0 spiro atoms. The molecule has 0 fully saturated rings. The third-order valence-corrected chi connectivity index (χ3v) is 6.19. The fourth-order valence-corrected chi connectivity index (χ4v) is 3.49. The fourth-order valence-electron chi connectivity index (χ4n) is 3.49. The fraction of sp³-hybridized carbons (Fsp3) is 0.958. The summed E-state index contributed by atoms with van der Waals surface area (Å²) in [7, 11) is 0. The topological polar surface area (TPSA) is 35.5 Å². The Morgan fingerprint density at radius 2 is 1.41 bits per heavy atom. The van der Waals surface area contributed by atoms with Crippen LogP contribution < -0.4 is 0 Å². The van der Waals surface area contributed by atoms with E-state index >= 15 is 0 Å². The summed E-state index contributed by atoms with van der Waals surface area (Å²) in [5.41, 5.74) is -1.17. The summed E-state index contributed by atoms with van der Waals surface area (Å²) in [6.45, 7) is 25.6. The lowest BCUT2D eigenvalue weighted by atomic mass is 9.61. The Morgan fingerprint density at radius 1 is 0.889 bits per heavy atom. The molecule has 0 saturated heterocycles. The Labute approximate surface area is 170 Å². The lowest BCUT2D eigenvalue weighted by Gasteiger charge is -2.45. The normalized spacial score (nSPS) is 19.7. The molecule has 0 aliphatic carbocycles. The predicted octanol–water partition coefficient (Wildman–Crippen LogP) is 7.17. The molecule has 3 heteroatoms. The van der Waals surface area contributed by atoms with Crippen molar-refractivity contribution in [1.82, 2.24) is 0 Å². The van der Waals surface area contributed by atoms with Crippen molar-refractivity contribution >= 4 is 5.97 Å². The van der Waals surface area contributed by atoms with Crippen molar-refractivity contribution in [2.75, 3.05) is 0 Å². The summed E-state index contributed by atoms with van der Waals surface area (Å²) in [4.78, 5) is 13.4. The maximum absolute atomic E-state index is 13.4. The van der Waals surface area contributed by atoms with Crippen LogP contribution in [0.5, 0.6) is 0 Å². The summed E-state index contributed by atoms with van der Waals surface area (Å²) >= 11 is 0. The maximum atomic E-state index is 13.4. The average Bonchev–Trinajstić information content (AvgIpc) is 2.51. The van der Waals surface area contributed by atoms with E-state index in [1.165, 1.54) is 0 Å². The van der Waals surface area contributed by atoms with Gasteiger partial charge >= 0.3 is 5.97 Å². The molecule has 0 aromatic carbocycles. The summed E-state index contributed by atoms with van der Waals surface area (Å²) in [6.07, 6.45) is 4.58. The monoisotopic (exact) mass is 384 g/mol. The molecule has 0 aliphatic rings. The Kier molecular flexibility index (Phi) is 9.56. The third kappa shape index (κ3) is 8.13. The van der Waals surface area contributed by atoms with Gasteiger partial charge in [0.25, 0.3) is 0 Å². The maximum Gasteiger partial charge on any atom is 0.312 e. The minimum atomic E-state index is -0.541. The standard InChI is InChI=1S/C24H48O3/c1-13-18(4)26-19(14-2)16-23(11,15-3)27-20(25)24(12,22(8,9)10)17-21(5,6)7/h18-19H,13-17H2,1-12H3. The second kappa shape index (κ2) is 9.76. The molecule has 0 radical (unpaired) electrons. The Balaban J connectivity index is 5.51. The molecule has 0 heterocycles. The van der Waals surface area contributed by atoms with Gasteiger partial charge in [0.05, 0.1) is 17.6 Å². The first-order valence-electron chi connectivity index (χ1n) is 10.9. The van der Waals surface area contributed by atoms with E-state index in [-0.39, 0.29) is 29.0 Å². The zero-order valence-electron chi connectivity index (χ0n) is 20.4. The molecule has 162 valence electrons. The van der Waals surface area contributed by atoms with Crippen LogP contribution in [0.4, 0.5) is 0 Å². The van der Waals surface area contributed by atoms with Gasteiger partial charge in [0.1, 0.15) is 5.60 Å². The molecule has 0 aromatic rings. The largest absolute Gasteiger partial charge is 0.459 e. The molecule has 4 unspecified atom stereocenters. The van der Waals surface area contributed by atoms with Crippen molar-refractivity contribution in [3.05, 3.63) is 0 Å². The Hall–Kier alpha value is -0.570. The van der Waals surface area contributed by atoms with E-state index in [2.05, 4.69) is 83.1 Å². The smallest absolute Gasteiger partial charge is 0.312 e. The van der Waals surface area contributed by atoms with Crippen LogP contribution in [-0.2, 0) is 14.3 Å². The second-order valence-electron chi connectivity index (χ2n) is 11.1. The zero-order chi connectivity index (χ0) is 21.7. The van der Waals surface area contributed by atoms with Crippen molar-refractivity contribution in [2.24, 2.45) is 16.2 Å². The van der Waals surface area contributed by atoms with Crippen molar-refractivity contribution in [3.63, 3.8) is 0 Å². The number of esters is 1. The van der Waals surface area contributed by atoms with Crippen LogP contribution in [0, 0.1) is 16.2 Å². The molecule has 0 aromatic heterocycles. The SMILES string of the molecule is CCC(C)OC(CC)CC(C)(CC)OC(=O)C(C)(CC(C)(C)C)C(C)(C)C. The van der Waals surface area contributed by atoms with E-state index < -0.39 is 11.0 Å². The summed E-state index contributed by atoms with van der Waals surface area (Å²) < 4.78 is 12.4. The lowest BCUT2D eigenvalue weighted by Crippen LogP contribution is -2.48. The quantitative estimate of drug-likeness (QED) is 0.374. The highest BCUT2D eigenvalue weighted by molar-refractivity contribution is 5.78. The molecule has 0 saturated carbocycles. The highest BCUT2D eigenvalue weighted by atomic mass is 16.6. The molecule has 0 amide bonds. The van der Waals surface area contributed by atoms with Crippen molar-refractivity contribution in [2.45, 2.75) is 133 Å². The summed E-state index contributed by atoms with van der Waals surface area (Å²) in [5.74, 6) is -0.0762. The number of hydrogen-bond acceptors (Lipinski definition) is 3. The average molecular weight is 385 g/mol. The second-order valence-corrected chi connectivity index (χ2v) is 11.1. The van der Waals surface area contributed by atoms with Gasteiger partial charge in [0.15, 0.2) is 0 Å². The minimum Gasteiger partial charge on any atom is -0.459 e. The molecular formula is C24H48O3. The number of rotatable bonds is 10. The molecule has 0 N–H and O–H groups in total. The van der Waals surface area contributed by atoms with Gasteiger partial charge in [-0.25, -0.2) is 0 Å². The van der Waals surface area contributed by atoms with E-state index in [4.69, 9.17) is 9.47 Å². The highest BCUT2D eigenvalue weighted by Gasteiger charge is 2.49. The Morgan fingerprint density at radius 3 is 1.74 bits per heavy atom. The predicted molar refractivity (Wildman–Crippen MR) is 116 cm³/mol. The third-order valence-electron chi connectivity index (χ3n) is 6.19. The molecule has 0 rings (SSSR count). The van der Waals surface area contributed by atoms with Gasteiger partial charge in [-0.15, -0.1) is 0 Å². The number of hydrogen-bond donors (Lipinski definition) is 0.